The zero-order valence-corrected chi connectivity index (χ0v) is 12.4. The molecule has 0 amide bonds. The minimum atomic E-state index is -0.150. The van der Waals surface area contributed by atoms with Crippen molar-refractivity contribution in [3.05, 3.63) is 65.9 Å². The number of nitrogens with zero attached hydrogens (tertiary/aromatic N) is 1. The van der Waals surface area contributed by atoms with Crippen LogP contribution in [0.2, 0.25) is 0 Å². The Kier molecular flexibility index (Phi) is 3.67. The third-order valence-corrected chi connectivity index (χ3v) is 3.72. The van der Waals surface area contributed by atoms with Crippen molar-refractivity contribution in [1.29, 1.82) is 0 Å². The Morgan fingerprint density at radius 3 is 2.67 bits per heavy atom. The Labute approximate surface area is 125 Å². The predicted molar refractivity (Wildman–Crippen MR) is 87.6 cm³/mol. The minimum absolute atomic E-state index is 0.150. The van der Waals surface area contributed by atoms with Crippen molar-refractivity contribution in [2.45, 2.75) is 13.0 Å². The fourth-order valence-electron chi connectivity index (χ4n) is 2.54. The standard InChI is InChI=1S/C18H20N2O/c1-13-6-5-8-15(10-13)20(2)12-16(19)18-11-14-7-3-4-9-17(14)21-18/h3-11,16H,12,19H2,1-2H3. The molecule has 0 aliphatic heterocycles. The Balaban J connectivity index is 1.77. The molecule has 3 rings (SSSR count). The molecule has 0 saturated heterocycles. The van der Waals surface area contributed by atoms with Crippen LogP contribution >= 0.6 is 0 Å². The van der Waals surface area contributed by atoms with Crippen LogP contribution in [0.1, 0.15) is 17.4 Å². The summed E-state index contributed by atoms with van der Waals surface area (Å²) < 4.78 is 5.84. The number of hydrogen-bond acceptors (Lipinski definition) is 3. The lowest BCUT2D eigenvalue weighted by atomic mass is 10.1. The summed E-state index contributed by atoms with van der Waals surface area (Å²) in [6.07, 6.45) is 0. The number of fused-ring (bicyclic) bond motifs is 1. The van der Waals surface area contributed by atoms with Gasteiger partial charge in [-0.25, -0.2) is 0 Å². The van der Waals surface area contributed by atoms with Gasteiger partial charge in [0.15, 0.2) is 0 Å². The van der Waals surface area contributed by atoms with E-state index in [0.29, 0.717) is 6.54 Å². The molecule has 1 atom stereocenters. The van der Waals surface area contributed by atoms with Gasteiger partial charge in [-0.3, -0.25) is 0 Å². The third-order valence-electron chi connectivity index (χ3n) is 3.72. The van der Waals surface area contributed by atoms with Crippen LogP contribution < -0.4 is 10.6 Å². The van der Waals surface area contributed by atoms with Crippen molar-refractivity contribution in [3.63, 3.8) is 0 Å². The average molecular weight is 280 g/mol. The maximum atomic E-state index is 6.30. The number of anilines is 1. The third kappa shape index (κ3) is 2.93. The maximum Gasteiger partial charge on any atom is 0.134 e. The lowest BCUT2D eigenvalue weighted by Crippen LogP contribution is -2.28. The normalized spacial score (nSPS) is 12.5. The van der Waals surface area contributed by atoms with E-state index in [9.17, 15) is 0 Å². The van der Waals surface area contributed by atoms with E-state index in [1.54, 1.807) is 0 Å². The summed E-state index contributed by atoms with van der Waals surface area (Å²) in [5.74, 6) is 0.829. The Bertz CT molecular complexity index is 715. The van der Waals surface area contributed by atoms with Crippen molar-refractivity contribution in [2.24, 2.45) is 5.73 Å². The van der Waals surface area contributed by atoms with Crippen molar-refractivity contribution in [2.75, 3.05) is 18.5 Å². The molecule has 0 aliphatic carbocycles. The second kappa shape index (κ2) is 5.62. The summed E-state index contributed by atoms with van der Waals surface area (Å²) in [5, 5.41) is 1.10. The summed E-state index contributed by atoms with van der Waals surface area (Å²) >= 11 is 0. The van der Waals surface area contributed by atoms with Crippen LogP contribution in [-0.2, 0) is 0 Å². The number of para-hydroxylation sites is 1. The quantitative estimate of drug-likeness (QED) is 0.788. The highest BCUT2D eigenvalue weighted by Crippen LogP contribution is 2.24. The minimum Gasteiger partial charge on any atom is -0.459 e. The van der Waals surface area contributed by atoms with Gasteiger partial charge in [0.2, 0.25) is 0 Å². The fourth-order valence-corrected chi connectivity index (χ4v) is 2.54. The van der Waals surface area contributed by atoms with Crippen molar-refractivity contribution in [3.8, 4) is 0 Å². The lowest BCUT2D eigenvalue weighted by Gasteiger charge is -2.22. The first-order valence-electron chi connectivity index (χ1n) is 7.15. The summed E-state index contributed by atoms with van der Waals surface area (Å²) in [7, 11) is 2.05. The highest BCUT2D eigenvalue weighted by molar-refractivity contribution is 5.77. The van der Waals surface area contributed by atoms with Gasteiger partial charge in [-0.05, 0) is 36.8 Å². The number of hydrogen-bond donors (Lipinski definition) is 1. The van der Waals surface area contributed by atoms with E-state index in [1.807, 2.05) is 30.3 Å². The fraction of sp³-hybridized carbons (Fsp3) is 0.222. The first kappa shape index (κ1) is 13.7. The molecule has 108 valence electrons. The molecule has 0 saturated carbocycles. The van der Waals surface area contributed by atoms with E-state index in [4.69, 9.17) is 10.2 Å². The van der Waals surface area contributed by atoms with E-state index in [-0.39, 0.29) is 6.04 Å². The van der Waals surface area contributed by atoms with Crippen molar-refractivity contribution >= 4 is 16.7 Å². The van der Waals surface area contributed by atoms with Crippen LogP contribution in [0.4, 0.5) is 5.69 Å². The molecule has 3 aromatic rings. The molecule has 0 bridgehead atoms. The molecule has 3 heteroatoms. The number of nitrogens with two attached hydrogens (primary N) is 1. The van der Waals surface area contributed by atoms with E-state index in [2.05, 4.69) is 43.1 Å². The second-order valence-corrected chi connectivity index (χ2v) is 5.51. The van der Waals surface area contributed by atoms with Crippen LogP contribution in [0, 0.1) is 6.92 Å². The van der Waals surface area contributed by atoms with Crippen LogP contribution in [0.3, 0.4) is 0 Å². The van der Waals surface area contributed by atoms with Gasteiger partial charge < -0.3 is 15.1 Å². The zero-order valence-electron chi connectivity index (χ0n) is 12.4. The summed E-state index contributed by atoms with van der Waals surface area (Å²) in [5.41, 5.74) is 9.60. The number of likely N-dealkylation sites (N-methyl/N-ethyl adjacent to an activating group) is 1. The number of furan rings is 1. The van der Waals surface area contributed by atoms with E-state index >= 15 is 0 Å². The number of rotatable bonds is 4. The van der Waals surface area contributed by atoms with Gasteiger partial charge in [0.05, 0.1) is 6.04 Å². The first-order valence-corrected chi connectivity index (χ1v) is 7.15. The molecule has 1 aromatic heterocycles. The second-order valence-electron chi connectivity index (χ2n) is 5.51. The number of aryl methyl sites for hydroxylation is 1. The van der Waals surface area contributed by atoms with E-state index < -0.39 is 0 Å². The molecule has 0 aliphatic rings. The molecule has 3 nitrogen and oxygen atoms in total. The molecular weight excluding hydrogens is 260 g/mol. The van der Waals surface area contributed by atoms with Crippen molar-refractivity contribution in [1.82, 2.24) is 0 Å². The van der Waals surface area contributed by atoms with Crippen molar-refractivity contribution < 1.29 is 4.42 Å². The Morgan fingerprint density at radius 2 is 1.90 bits per heavy atom. The van der Waals surface area contributed by atoms with Crippen LogP contribution in [0.5, 0.6) is 0 Å². The molecule has 1 unspecified atom stereocenters. The first-order chi connectivity index (χ1) is 10.1. The topological polar surface area (TPSA) is 42.4 Å². The van der Waals surface area contributed by atoms with Gasteiger partial charge in [-0.15, -0.1) is 0 Å². The zero-order chi connectivity index (χ0) is 14.8. The van der Waals surface area contributed by atoms with Gasteiger partial charge in [-0.1, -0.05) is 30.3 Å². The summed E-state index contributed by atoms with van der Waals surface area (Å²) in [6.45, 7) is 2.81. The molecule has 0 spiro atoms. The largest absolute Gasteiger partial charge is 0.459 e. The van der Waals surface area contributed by atoms with Gasteiger partial charge in [0.25, 0.3) is 0 Å². The van der Waals surface area contributed by atoms with Gasteiger partial charge in [0.1, 0.15) is 11.3 Å². The molecule has 2 aromatic carbocycles. The SMILES string of the molecule is Cc1cccc(N(C)CC(N)c2cc3ccccc3o2)c1. The monoisotopic (exact) mass is 280 g/mol. The van der Waals surface area contributed by atoms with Gasteiger partial charge in [0, 0.05) is 24.7 Å². The highest BCUT2D eigenvalue weighted by atomic mass is 16.3. The van der Waals surface area contributed by atoms with E-state index in [1.165, 1.54) is 11.3 Å². The smallest absolute Gasteiger partial charge is 0.134 e. The van der Waals surface area contributed by atoms with Crippen LogP contribution in [-0.4, -0.2) is 13.6 Å². The van der Waals surface area contributed by atoms with Crippen LogP contribution in [0.15, 0.2) is 59.0 Å². The van der Waals surface area contributed by atoms with Crippen LogP contribution in [0.25, 0.3) is 11.0 Å². The van der Waals surface area contributed by atoms with Gasteiger partial charge in [-0.2, -0.15) is 0 Å². The highest BCUT2D eigenvalue weighted by Gasteiger charge is 2.14. The summed E-state index contributed by atoms with van der Waals surface area (Å²) in [4.78, 5) is 2.16. The molecule has 2 N–H and O–H groups in total. The molecule has 0 radical (unpaired) electrons. The van der Waals surface area contributed by atoms with E-state index in [0.717, 1.165) is 16.7 Å². The Morgan fingerprint density at radius 1 is 1.10 bits per heavy atom. The van der Waals surface area contributed by atoms with Gasteiger partial charge >= 0.3 is 0 Å². The number of benzene rings is 2. The predicted octanol–water partition coefficient (Wildman–Crippen LogP) is 3.88. The molecule has 0 fully saturated rings. The molecule has 21 heavy (non-hydrogen) atoms. The Hall–Kier alpha value is -2.26. The molecular formula is C18H20N2O. The average Bonchev–Trinajstić information content (AvgIpc) is 2.91. The molecule has 1 heterocycles. The summed E-state index contributed by atoms with van der Waals surface area (Å²) in [6, 6.07) is 18.3. The maximum absolute atomic E-state index is 6.30. The lowest BCUT2D eigenvalue weighted by molar-refractivity contribution is 0.495.